The van der Waals surface area contributed by atoms with Crippen LogP contribution in [0.25, 0.3) is 0 Å². The van der Waals surface area contributed by atoms with Gasteiger partial charge in [-0.2, -0.15) is 0 Å². The zero-order valence-electron chi connectivity index (χ0n) is 10.3. The smallest absolute Gasteiger partial charge is 0.275 e. The van der Waals surface area contributed by atoms with Gasteiger partial charge in [0.15, 0.2) is 11.6 Å². The van der Waals surface area contributed by atoms with Gasteiger partial charge in [-0.15, -0.1) is 0 Å². The van der Waals surface area contributed by atoms with E-state index in [0.29, 0.717) is 31.5 Å². The highest BCUT2D eigenvalue weighted by Gasteiger charge is 2.29. The fourth-order valence-electron chi connectivity index (χ4n) is 2.35. The number of hydrogen-bond acceptors (Lipinski definition) is 4. The molecule has 2 rings (SSSR count). The molecule has 1 aliphatic carbocycles. The number of non-ortho nitro benzene ring substituents is 1. The molecule has 1 fully saturated rings. The van der Waals surface area contributed by atoms with Gasteiger partial charge in [0.25, 0.3) is 5.69 Å². The summed E-state index contributed by atoms with van der Waals surface area (Å²) in [5, 5.41) is 19.7. The van der Waals surface area contributed by atoms with Crippen molar-refractivity contribution in [2.75, 3.05) is 18.5 Å². The van der Waals surface area contributed by atoms with Crippen LogP contribution in [0.3, 0.4) is 0 Å². The second-order valence-corrected chi connectivity index (χ2v) is 4.89. The average Bonchev–Trinajstić information content (AvgIpc) is 2.25. The first-order chi connectivity index (χ1) is 8.88. The summed E-state index contributed by atoms with van der Waals surface area (Å²) in [6.07, 6.45) is 0.895. The van der Waals surface area contributed by atoms with Gasteiger partial charge < -0.3 is 10.0 Å². The van der Waals surface area contributed by atoms with E-state index in [-0.39, 0.29) is 17.7 Å². The van der Waals surface area contributed by atoms with Crippen LogP contribution in [0.2, 0.25) is 0 Å². The fourth-order valence-corrected chi connectivity index (χ4v) is 2.35. The molecule has 1 aromatic carbocycles. The summed E-state index contributed by atoms with van der Waals surface area (Å²) in [6, 6.07) is 1.43. The number of halogens is 2. The van der Waals surface area contributed by atoms with Crippen LogP contribution in [0.15, 0.2) is 12.1 Å². The highest BCUT2D eigenvalue weighted by molar-refractivity contribution is 5.53. The van der Waals surface area contributed by atoms with Crippen LogP contribution in [-0.4, -0.2) is 29.7 Å². The molecule has 1 aliphatic rings. The summed E-state index contributed by atoms with van der Waals surface area (Å²) in [4.78, 5) is 11.0. The Morgan fingerprint density at radius 3 is 2.37 bits per heavy atom. The molecule has 0 aliphatic heterocycles. The van der Waals surface area contributed by atoms with E-state index in [9.17, 15) is 18.9 Å². The van der Waals surface area contributed by atoms with Crippen LogP contribution >= 0.6 is 0 Å². The molecular formula is C12H14F2N2O3. The van der Waals surface area contributed by atoms with Crippen molar-refractivity contribution >= 4 is 11.4 Å². The largest absolute Gasteiger partial charge is 0.393 e. The van der Waals surface area contributed by atoms with E-state index < -0.39 is 22.2 Å². The van der Waals surface area contributed by atoms with Crippen LogP contribution in [0.5, 0.6) is 0 Å². The Morgan fingerprint density at radius 2 is 1.95 bits per heavy atom. The van der Waals surface area contributed by atoms with Crippen LogP contribution < -0.4 is 4.90 Å². The molecule has 5 nitrogen and oxygen atoms in total. The maximum absolute atomic E-state index is 13.7. The SMILES string of the molecule is CN(CC1CC(O)C1)c1c(F)cc([N+](=O)[O-])cc1F. The van der Waals surface area contributed by atoms with Gasteiger partial charge in [-0.25, -0.2) is 8.78 Å². The Hall–Kier alpha value is -1.76. The molecule has 1 saturated carbocycles. The van der Waals surface area contributed by atoms with Crippen molar-refractivity contribution in [3.05, 3.63) is 33.9 Å². The molecule has 0 unspecified atom stereocenters. The third kappa shape index (κ3) is 2.81. The lowest BCUT2D eigenvalue weighted by Crippen LogP contribution is -2.37. The van der Waals surface area contributed by atoms with Crippen molar-refractivity contribution in [2.45, 2.75) is 18.9 Å². The number of hydrogen-bond donors (Lipinski definition) is 1. The number of nitro benzene ring substituents is 1. The van der Waals surface area contributed by atoms with Gasteiger partial charge >= 0.3 is 0 Å². The molecule has 0 bridgehead atoms. The van der Waals surface area contributed by atoms with Crippen LogP contribution in [0.4, 0.5) is 20.2 Å². The van der Waals surface area contributed by atoms with Gasteiger partial charge in [0, 0.05) is 13.6 Å². The predicted molar refractivity (Wildman–Crippen MR) is 65.0 cm³/mol. The molecule has 0 atom stereocenters. The summed E-state index contributed by atoms with van der Waals surface area (Å²) in [5.41, 5.74) is -0.877. The van der Waals surface area contributed by atoms with E-state index in [0.717, 1.165) is 0 Å². The van der Waals surface area contributed by atoms with Gasteiger partial charge in [-0.05, 0) is 18.8 Å². The van der Waals surface area contributed by atoms with Gasteiger partial charge in [-0.3, -0.25) is 10.1 Å². The topological polar surface area (TPSA) is 66.6 Å². The van der Waals surface area contributed by atoms with Crippen LogP contribution in [0, 0.1) is 27.7 Å². The molecule has 0 amide bonds. The van der Waals surface area contributed by atoms with E-state index in [1.165, 1.54) is 11.9 Å². The Bertz CT molecular complexity index is 481. The van der Waals surface area contributed by atoms with Gasteiger partial charge in [-0.1, -0.05) is 0 Å². The summed E-state index contributed by atoms with van der Waals surface area (Å²) < 4.78 is 27.5. The number of rotatable bonds is 4. The summed E-state index contributed by atoms with van der Waals surface area (Å²) >= 11 is 0. The van der Waals surface area contributed by atoms with Crippen molar-refractivity contribution in [3.8, 4) is 0 Å². The lowest BCUT2D eigenvalue weighted by molar-refractivity contribution is -0.385. The average molecular weight is 272 g/mol. The minimum atomic E-state index is -0.950. The molecular weight excluding hydrogens is 258 g/mol. The maximum Gasteiger partial charge on any atom is 0.275 e. The Morgan fingerprint density at radius 1 is 1.42 bits per heavy atom. The third-order valence-corrected chi connectivity index (χ3v) is 3.34. The molecule has 19 heavy (non-hydrogen) atoms. The monoisotopic (exact) mass is 272 g/mol. The molecule has 0 radical (unpaired) electrons. The van der Waals surface area contributed by atoms with Crippen molar-refractivity contribution in [3.63, 3.8) is 0 Å². The molecule has 7 heteroatoms. The molecule has 0 spiro atoms. The lowest BCUT2D eigenvalue weighted by atomic mass is 9.82. The number of anilines is 1. The predicted octanol–water partition coefficient (Wildman–Crippen LogP) is 2.08. The van der Waals surface area contributed by atoms with Crippen molar-refractivity contribution in [2.24, 2.45) is 5.92 Å². The molecule has 0 saturated heterocycles. The Kier molecular flexibility index (Phi) is 3.66. The second-order valence-electron chi connectivity index (χ2n) is 4.89. The maximum atomic E-state index is 13.7. The quantitative estimate of drug-likeness (QED) is 0.673. The molecule has 0 heterocycles. The number of aliphatic hydroxyl groups excluding tert-OH is 1. The highest BCUT2D eigenvalue weighted by Crippen LogP contribution is 2.32. The summed E-state index contributed by atoms with van der Waals surface area (Å²) in [5.74, 6) is -1.71. The first kappa shape index (κ1) is 13.7. The van der Waals surface area contributed by atoms with E-state index in [4.69, 9.17) is 5.11 Å². The van der Waals surface area contributed by atoms with Crippen molar-refractivity contribution in [1.82, 2.24) is 0 Å². The van der Waals surface area contributed by atoms with Crippen molar-refractivity contribution in [1.29, 1.82) is 0 Å². The normalized spacial score (nSPS) is 21.9. The number of nitrogens with zero attached hydrogens (tertiary/aromatic N) is 2. The Balaban J connectivity index is 2.17. The molecule has 1 aromatic rings. The molecule has 104 valence electrons. The van der Waals surface area contributed by atoms with E-state index in [1.807, 2.05) is 0 Å². The fraction of sp³-hybridized carbons (Fsp3) is 0.500. The van der Waals surface area contributed by atoms with E-state index in [2.05, 4.69) is 0 Å². The standard InChI is InChI=1S/C12H14F2N2O3/c1-15(6-7-2-9(17)3-7)12-10(13)4-8(16(18)19)5-11(12)14/h4-5,7,9,17H,2-3,6H2,1H3. The van der Waals surface area contributed by atoms with Gasteiger partial charge in [0.05, 0.1) is 23.2 Å². The number of nitro groups is 1. The zero-order chi connectivity index (χ0) is 14.2. The highest BCUT2D eigenvalue weighted by atomic mass is 19.1. The summed E-state index contributed by atoms with van der Waals surface area (Å²) in [7, 11) is 1.53. The zero-order valence-corrected chi connectivity index (χ0v) is 10.3. The lowest BCUT2D eigenvalue weighted by Gasteiger charge is -2.35. The number of benzene rings is 1. The van der Waals surface area contributed by atoms with Crippen LogP contribution in [-0.2, 0) is 0 Å². The summed E-state index contributed by atoms with van der Waals surface area (Å²) in [6.45, 7) is 0.405. The first-order valence-electron chi connectivity index (χ1n) is 5.91. The van der Waals surface area contributed by atoms with Crippen molar-refractivity contribution < 1.29 is 18.8 Å². The van der Waals surface area contributed by atoms with Gasteiger partial charge in [0.1, 0.15) is 5.69 Å². The second kappa shape index (κ2) is 5.08. The Labute approximate surface area is 108 Å². The first-order valence-corrected chi connectivity index (χ1v) is 5.91. The number of aliphatic hydroxyl groups is 1. The third-order valence-electron chi connectivity index (χ3n) is 3.34. The van der Waals surface area contributed by atoms with E-state index >= 15 is 0 Å². The minimum Gasteiger partial charge on any atom is -0.393 e. The molecule has 0 aromatic heterocycles. The molecule has 1 N–H and O–H groups in total. The van der Waals surface area contributed by atoms with E-state index in [1.54, 1.807) is 0 Å². The minimum absolute atomic E-state index is 0.189. The van der Waals surface area contributed by atoms with Crippen LogP contribution in [0.1, 0.15) is 12.8 Å². The van der Waals surface area contributed by atoms with Gasteiger partial charge in [0.2, 0.25) is 0 Å².